The zero-order valence-corrected chi connectivity index (χ0v) is 18.2. The second-order valence-electron chi connectivity index (χ2n) is 7.49. The molecule has 0 fully saturated rings. The molecule has 0 spiro atoms. The van der Waals surface area contributed by atoms with Crippen LogP contribution in [0.15, 0.2) is 54.7 Å². The maximum Gasteiger partial charge on any atom is 0.272 e. The Morgan fingerprint density at radius 1 is 1.12 bits per heavy atom. The Kier molecular flexibility index (Phi) is 5.07. The van der Waals surface area contributed by atoms with E-state index in [1.54, 1.807) is 30.1 Å². The molecule has 3 heterocycles. The van der Waals surface area contributed by atoms with Crippen LogP contribution >= 0.6 is 11.6 Å². The molecular weight excluding hydrogens is 428 g/mol. The van der Waals surface area contributed by atoms with E-state index < -0.39 is 0 Å². The number of carbonyl (C=O) groups excluding carboxylic acids is 1. The van der Waals surface area contributed by atoms with E-state index in [1.165, 1.54) is 0 Å². The molecule has 2 aromatic carbocycles. The van der Waals surface area contributed by atoms with Crippen molar-refractivity contribution in [1.29, 1.82) is 0 Å². The van der Waals surface area contributed by atoms with Gasteiger partial charge in [0.15, 0.2) is 0 Å². The second kappa shape index (κ2) is 8.05. The fourth-order valence-corrected chi connectivity index (χ4v) is 4.08. The van der Waals surface area contributed by atoms with Crippen molar-refractivity contribution in [1.82, 2.24) is 25.0 Å². The van der Waals surface area contributed by atoms with E-state index >= 15 is 0 Å². The number of ether oxygens (including phenoxy) is 1. The molecule has 0 unspecified atom stereocenters. The number of benzene rings is 2. The third kappa shape index (κ3) is 3.58. The van der Waals surface area contributed by atoms with Gasteiger partial charge in [0, 0.05) is 28.5 Å². The van der Waals surface area contributed by atoms with E-state index in [9.17, 15) is 4.79 Å². The Labute approximate surface area is 189 Å². The van der Waals surface area contributed by atoms with Crippen molar-refractivity contribution in [2.45, 2.75) is 19.3 Å². The van der Waals surface area contributed by atoms with Crippen LogP contribution in [0.5, 0.6) is 5.75 Å². The molecule has 0 saturated carbocycles. The van der Waals surface area contributed by atoms with Crippen LogP contribution in [0.1, 0.15) is 29.2 Å². The Morgan fingerprint density at radius 2 is 1.88 bits per heavy atom. The summed E-state index contributed by atoms with van der Waals surface area (Å²) in [5.74, 6) is 1.37. The van der Waals surface area contributed by atoms with Gasteiger partial charge in [0.1, 0.15) is 11.6 Å². The minimum absolute atomic E-state index is 0.0960. The molecule has 1 amide bonds. The molecule has 1 aliphatic rings. The summed E-state index contributed by atoms with van der Waals surface area (Å²) in [7, 11) is 1.63. The number of fused-ring (bicyclic) bond motifs is 1. The number of hydrogen-bond acceptors (Lipinski definition) is 6. The molecule has 32 heavy (non-hydrogen) atoms. The van der Waals surface area contributed by atoms with E-state index in [2.05, 4.69) is 25.6 Å². The first kappa shape index (κ1) is 20.1. The Morgan fingerprint density at radius 3 is 2.59 bits per heavy atom. The van der Waals surface area contributed by atoms with Gasteiger partial charge >= 0.3 is 0 Å². The van der Waals surface area contributed by atoms with E-state index in [1.807, 2.05) is 43.3 Å². The topological polar surface area (TPSA) is 94.8 Å². The maximum atomic E-state index is 12.6. The zero-order chi connectivity index (χ0) is 22.2. The lowest BCUT2D eigenvalue weighted by Gasteiger charge is -2.24. The highest BCUT2D eigenvalue weighted by Crippen LogP contribution is 2.40. The van der Waals surface area contributed by atoms with E-state index in [0.717, 1.165) is 28.1 Å². The van der Waals surface area contributed by atoms with Crippen LogP contribution < -0.4 is 10.1 Å². The molecule has 8 nitrogen and oxygen atoms in total. The van der Waals surface area contributed by atoms with Gasteiger partial charge in [0.25, 0.3) is 5.95 Å². The quantitative estimate of drug-likeness (QED) is 0.505. The van der Waals surface area contributed by atoms with Gasteiger partial charge in [0.05, 0.1) is 24.7 Å². The van der Waals surface area contributed by atoms with Crippen molar-refractivity contribution in [3.63, 3.8) is 0 Å². The monoisotopic (exact) mass is 446 g/mol. The van der Waals surface area contributed by atoms with Crippen LogP contribution in [0.4, 0.5) is 5.82 Å². The largest absolute Gasteiger partial charge is 0.497 e. The summed E-state index contributed by atoms with van der Waals surface area (Å²) < 4.78 is 6.81. The number of amides is 1. The maximum absolute atomic E-state index is 12.6. The van der Waals surface area contributed by atoms with Crippen molar-refractivity contribution in [2.24, 2.45) is 0 Å². The summed E-state index contributed by atoms with van der Waals surface area (Å²) in [4.78, 5) is 17.2. The zero-order valence-electron chi connectivity index (χ0n) is 17.4. The lowest BCUT2D eigenvalue weighted by molar-refractivity contribution is -0.116. The number of halogens is 1. The number of aryl methyl sites for hydroxylation is 1. The number of nitrogens with one attached hydrogen (secondary N) is 1. The van der Waals surface area contributed by atoms with Crippen LogP contribution in [0.25, 0.3) is 17.2 Å². The van der Waals surface area contributed by atoms with Gasteiger partial charge in [-0.2, -0.15) is 14.9 Å². The second-order valence-corrected chi connectivity index (χ2v) is 7.92. The lowest BCUT2D eigenvalue weighted by atomic mass is 9.86. The van der Waals surface area contributed by atoms with Crippen LogP contribution in [0, 0.1) is 6.92 Å². The lowest BCUT2D eigenvalue weighted by Crippen LogP contribution is -2.25. The van der Waals surface area contributed by atoms with E-state index in [0.29, 0.717) is 23.0 Å². The predicted octanol–water partition coefficient (Wildman–Crippen LogP) is 4.17. The Bertz CT molecular complexity index is 1300. The number of rotatable bonds is 4. The van der Waals surface area contributed by atoms with Crippen molar-refractivity contribution in [3.8, 4) is 23.0 Å². The molecule has 0 saturated heterocycles. The highest BCUT2D eigenvalue weighted by Gasteiger charge is 2.33. The molecule has 1 aliphatic heterocycles. The molecule has 160 valence electrons. The smallest absolute Gasteiger partial charge is 0.272 e. The fraction of sp³-hybridized carbons (Fsp3) is 0.174. The first-order valence-corrected chi connectivity index (χ1v) is 10.4. The van der Waals surface area contributed by atoms with Crippen LogP contribution in [0.2, 0.25) is 5.02 Å². The fourth-order valence-electron chi connectivity index (χ4n) is 3.96. The summed E-state index contributed by atoms with van der Waals surface area (Å²) in [5, 5.41) is 16.5. The van der Waals surface area contributed by atoms with Crippen molar-refractivity contribution in [3.05, 3.63) is 76.6 Å². The van der Waals surface area contributed by atoms with Crippen molar-refractivity contribution >= 4 is 23.3 Å². The first-order chi connectivity index (χ1) is 15.5. The number of aromatic nitrogens is 5. The van der Waals surface area contributed by atoms with E-state index in [-0.39, 0.29) is 17.8 Å². The van der Waals surface area contributed by atoms with Gasteiger partial charge in [-0.05, 0) is 36.8 Å². The van der Waals surface area contributed by atoms with Gasteiger partial charge < -0.3 is 10.1 Å². The number of anilines is 1. The molecule has 4 aromatic rings. The number of carbonyl (C=O) groups is 1. The average molecular weight is 447 g/mol. The van der Waals surface area contributed by atoms with Crippen LogP contribution in [-0.4, -0.2) is 38.0 Å². The minimum atomic E-state index is -0.134. The molecular formula is C23H19ClN6O2. The number of hydrogen-bond donors (Lipinski definition) is 1. The van der Waals surface area contributed by atoms with E-state index in [4.69, 9.17) is 16.3 Å². The summed E-state index contributed by atoms with van der Waals surface area (Å²) in [5.41, 5.74) is 4.22. The SMILES string of the molecule is COc1ccc([C@@H]2CC(=O)Nc3c2c(C)nn3-c2nncc(-c3ccc(Cl)cc3)n2)cc1. The van der Waals surface area contributed by atoms with Gasteiger partial charge in [0.2, 0.25) is 5.91 Å². The summed E-state index contributed by atoms with van der Waals surface area (Å²) in [6.45, 7) is 1.92. The molecule has 2 aromatic heterocycles. The highest BCUT2D eigenvalue weighted by molar-refractivity contribution is 6.30. The normalized spacial score (nSPS) is 15.2. The molecule has 9 heteroatoms. The van der Waals surface area contributed by atoms with Gasteiger partial charge in [-0.25, -0.2) is 4.98 Å². The minimum Gasteiger partial charge on any atom is -0.497 e. The molecule has 0 bridgehead atoms. The average Bonchev–Trinajstić information content (AvgIpc) is 3.15. The molecule has 0 radical (unpaired) electrons. The molecule has 0 aliphatic carbocycles. The Balaban J connectivity index is 1.58. The molecule has 1 atom stereocenters. The summed E-state index contributed by atoms with van der Waals surface area (Å²) in [6.07, 6.45) is 1.91. The molecule has 5 rings (SSSR count). The van der Waals surface area contributed by atoms with Crippen LogP contribution in [0.3, 0.4) is 0 Å². The standard InChI is InChI=1S/C23H19ClN6O2/c1-13-21-18(14-5-9-17(32-2)10-6-14)11-20(31)27-22(21)30(29-13)23-26-19(12-25-28-23)15-3-7-16(24)8-4-15/h3-10,12,18H,11H2,1-2H3,(H,27,31)/t18-/m0/s1. The van der Waals surface area contributed by atoms with Crippen molar-refractivity contribution in [2.75, 3.05) is 12.4 Å². The predicted molar refractivity (Wildman–Crippen MR) is 120 cm³/mol. The van der Waals surface area contributed by atoms with Crippen LogP contribution in [-0.2, 0) is 4.79 Å². The number of nitrogens with zero attached hydrogens (tertiary/aromatic N) is 5. The number of methoxy groups -OCH3 is 1. The Hall–Kier alpha value is -3.78. The third-order valence-corrected chi connectivity index (χ3v) is 5.75. The molecule has 1 N–H and O–H groups in total. The summed E-state index contributed by atoms with van der Waals surface area (Å²) in [6, 6.07) is 15.0. The third-order valence-electron chi connectivity index (χ3n) is 5.50. The van der Waals surface area contributed by atoms with Gasteiger partial charge in [-0.3, -0.25) is 4.79 Å². The van der Waals surface area contributed by atoms with Gasteiger partial charge in [-0.15, -0.1) is 5.10 Å². The highest BCUT2D eigenvalue weighted by atomic mass is 35.5. The summed E-state index contributed by atoms with van der Waals surface area (Å²) >= 11 is 5.99. The van der Waals surface area contributed by atoms with Gasteiger partial charge in [-0.1, -0.05) is 35.9 Å². The first-order valence-electron chi connectivity index (χ1n) is 10.0. The van der Waals surface area contributed by atoms with Crippen molar-refractivity contribution < 1.29 is 9.53 Å².